The number of ether oxygens (including phenoxy) is 1. The number of anilines is 3. The number of carbonyl (C=O) groups is 2. The van der Waals surface area contributed by atoms with Crippen molar-refractivity contribution in [2.24, 2.45) is 5.73 Å². The first-order chi connectivity index (χ1) is 16.8. The number of hydrogen-bond acceptors (Lipinski definition) is 7. The van der Waals surface area contributed by atoms with Gasteiger partial charge in [0.25, 0.3) is 11.5 Å². The van der Waals surface area contributed by atoms with E-state index < -0.39 is 29.2 Å². The van der Waals surface area contributed by atoms with E-state index in [9.17, 15) is 19.2 Å². The van der Waals surface area contributed by atoms with Crippen LogP contribution >= 0.6 is 0 Å². The molecule has 0 saturated carbocycles. The maximum absolute atomic E-state index is 13.4. The minimum Gasteiger partial charge on any atom is -0.477 e. The Kier molecular flexibility index (Phi) is 6.58. The Morgan fingerprint density at radius 2 is 1.80 bits per heavy atom. The van der Waals surface area contributed by atoms with Crippen molar-refractivity contribution in [1.82, 2.24) is 9.55 Å². The summed E-state index contributed by atoms with van der Waals surface area (Å²) in [6.45, 7) is 1.87. The number of amides is 2. The Balaban J connectivity index is 1.66. The van der Waals surface area contributed by atoms with E-state index in [0.29, 0.717) is 11.4 Å². The summed E-state index contributed by atoms with van der Waals surface area (Å²) in [4.78, 5) is 55.7. The highest BCUT2D eigenvalue weighted by molar-refractivity contribution is 5.99. The van der Waals surface area contributed by atoms with Gasteiger partial charge in [-0.15, -0.1) is 0 Å². The number of benzene rings is 2. The molecule has 0 fully saturated rings. The molecule has 11 heteroatoms. The smallest absolute Gasteiger partial charge is 0.330 e. The molecule has 2 aromatic carbocycles. The number of nitrogens with two attached hydrogens (primary N) is 2. The van der Waals surface area contributed by atoms with Crippen LogP contribution in [0.4, 0.5) is 17.2 Å². The van der Waals surface area contributed by atoms with Gasteiger partial charge in [-0.2, -0.15) is 0 Å². The summed E-state index contributed by atoms with van der Waals surface area (Å²) in [5, 5.41) is 0. The third-order valence-electron chi connectivity index (χ3n) is 5.81. The van der Waals surface area contributed by atoms with Gasteiger partial charge in [-0.1, -0.05) is 42.5 Å². The molecule has 182 valence electrons. The highest BCUT2D eigenvalue weighted by Crippen LogP contribution is 2.33. The zero-order valence-electron chi connectivity index (χ0n) is 19.1. The molecule has 0 saturated heterocycles. The summed E-state index contributed by atoms with van der Waals surface area (Å²) in [6.07, 6.45) is -1.01. The quantitative estimate of drug-likeness (QED) is 0.440. The normalized spacial score (nSPS) is 14.7. The number of H-pyrrole nitrogens is 1. The number of carbonyl (C=O) groups excluding carboxylic acids is 2. The summed E-state index contributed by atoms with van der Waals surface area (Å²) >= 11 is 0. The summed E-state index contributed by atoms with van der Waals surface area (Å²) in [7, 11) is 0. The number of nitrogen functional groups attached to an aromatic ring is 1. The zero-order chi connectivity index (χ0) is 25.1. The van der Waals surface area contributed by atoms with E-state index in [1.807, 2.05) is 30.3 Å². The molecule has 11 nitrogen and oxygen atoms in total. The van der Waals surface area contributed by atoms with Crippen LogP contribution in [0.2, 0.25) is 0 Å². The molecule has 0 spiro atoms. The second-order valence-corrected chi connectivity index (χ2v) is 8.06. The number of nitrogens with zero attached hydrogens (tertiary/aromatic N) is 3. The van der Waals surface area contributed by atoms with Crippen molar-refractivity contribution < 1.29 is 14.3 Å². The fourth-order valence-corrected chi connectivity index (χ4v) is 4.02. The molecule has 1 atom stereocenters. The van der Waals surface area contributed by atoms with Gasteiger partial charge in [0.05, 0.1) is 25.3 Å². The van der Waals surface area contributed by atoms with E-state index >= 15 is 0 Å². The second kappa shape index (κ2) is 9.75. The molecule has 2 amide bonds. The van der Waals surface area contributed by atoms with Gasteiger partial charge >= 0.3 is 5.69 Å². The van der Waals surface area contributed by atoms with Crippen molar-refractivity contribution in [2.75, 3.05) is 35.2 Å². The molecule has 1 aliphatic rings. The predicted octanol–water partition coefficient (Wildman–Crippen LogP) is 0.273. The number of nitrogens with one attached hydrogen (secondary N) is 1. The van der Waals surface area contributed by atoms with Crippen LogP contribution in [0.15, 0.2) is 64.2 Å². The Hall–Kier alpha value is -4.54. The molecule has 35 heavy (non-hydrogen) atoms. The van der Waals surface area contributed by atoms with Crippen molar-refractivity contribution >= 4 is 29.0 Å². The number of rotatable bonds is 7. The third kappa shape index (κ3) is 4.74. The van der Waals surface area contributed by atoms with E-state index in [0.717, 1.165) is 5.56 Å². The molecule has 3 aromatic rings. The van der Waals surface area contributed by atoms with Crippen LogP contribution in [-0.2, 0) is 16.1 Å². The average Bonchev–Trinajstić information content (AvgIpc) is 2.85. The van der Waals surface area contributed by atoms with Gasteiger partial charge in [-0.05, 0) is 24.6 Å². The zero-order valence-corrected chi connectivity index (χ0v) is 19.1. The van der Waals surface area contributed by atoms with Gasteiger partial charge in [0.1, 0.15) is 17.3 Å². The van der Waals surface area contributed by atoms with Crippen LogP contribution in [0.5, 0.6) is 5.75 Å². The largest absolute Gasteiger partial charge is 0.477 e. The number of para-hydroxylation sites is 2. The van der Waals surface area contributed by atoms with Crippen LogP contribution in [0.1, 0.15) is 12.5 Å². The number of aromatic amines is 1. The van der Waals surface area contributed by atoms with Gasteiger partial charge in [0, 0.05) is 6.54 Å². The molecule has 0 radical (unpaired) electrons. The number of primary amides is 1. The highest BCUT2D eigenvalue weighted by Gasteiger charge is 2.33. The molecule has 5 N–H and O–H groups in total. The van der Waals surface area contributed by atoms with Gasteiger partial charge in [-0.25, -0.2) is 4.79 Å². The molecule has 2 heterocycles. The molecule has 0 aliphatic carbocycles. The molecule has 0 bridgehead atoms. The van der Waals surface area contributed by atoms with Gasteiger partial charge in [0.2, 0.25) is 5.91 Å². The fraction of sp³-hybridized carbons (Fsp3) is 0.250. The van der Waals surface area contributed by atoms with Crippen molar-refractivity contribution in [3.8, 4) is 5.75 Å². The van der Waals surface area contributed by atoms with Crippen molar-refractivity contribution in [3.63, 3.8) is 0 Å². The SMILES string of the molecule is CCN(CC(=O)N1C[C@@H](C(N)=O)Oc2ccccc21)c1c(N)n(Cc2ccccc2)c(=O)[nH]c1=O. The fourth-order valence-electron chi connectivity index (χ4n) is 4.02. The van der Waals surface area contributed by atoms with Gasteiger partial charge in [-0.3, -0.25) is 23.9 Å². The molecule has 1 aliphatic heterocycles. The monoisotopic (exact) mass is 478 g/mol. The first kappa shape index (κ1) is 23.6. The van der Waals surface area contributed by atoms with E-state index in [1.165, 1.54) is 14.4 Å². The van der Waals surface area contributed by atoms with Crippen molar-refractivity contribution in [2.45, 2.75) is 19.6 Å². The Bertz CT molecular complexity index is 1370. The molecular weight excluding hydrogens is 452 g/mol. The van der Waals surface area contributed by atoms with Crippen LogP contribution in [0, 0.1) is 0 Å². The van der Waals surface area contributed by atoms with Gasteiger partial charge in [0.15, 0.2) is 6.10 Å². The summed E-state index contributed by atoms with van der Waals surface area (Å²) < 4.78 is 6.87. The van der Waals surface area contributed by atoms with E-state index in [2.05, 4.69) is 4.98 Å². The Morgan fingerprint density at radius 3 is 2.49 bits per heavy atom. The lowest BCUT2D eigenvalue weighted by molar-refractivity contribution is -0.125. The second-order valence-electron chi connectivity index (χ2n) is 8.06. The first-order valence-corrected chi connectivity index (χ1v) is 11.1. The average molecular weight is 479 g/mol. The van der Waals surface area contributed by atoms with Crippen LogP contribution in [-0.4, -0.2) is 47.1 Å². The third-order valence-corrected chi connectivity index (χ3v) is 5.81. The van der Waals surface area contributed by atoms with Crippen LogP contribution in [0.3, 0.4) is 0 Å². The number of aromatic nitrogens is 2. The Labute approximate surface area is 200 Å². The standard InChI is InChI=1S/C24H26N6O5/c1-2-28(14-19(31)29-13-18(22(26)32)35-17-11-7-6-10-16(17)29)20-21(25)30(24(34)27-23(20)33)12-15-8-4-3-5-9-15/h3-11,18H,2,12-14,25H2,1H3,(H2,26,32)(H,27,33,34)/t18-/m0/s1. The minimum atomic E-state index is -1.01. The van der Waals surface area contributed by atoms with Gasteiger partial charge < -0.3 is 26.0 Å². The lowest BCUT2D eigenvalue weighted by Crippen LogP contribution is -2.52. The van der Waals surface area contributed by atoms with Crippen molar-refractivity contribution in [1.29, 1.82) is 0 Å². The maximum Gasteiger partial charge on any atom is 0.330 e. The minimum absolute atomic E-state index is 0.0179. The maximum atomic E-state index is 13.4. The lowest BCUT2D eigenvalue weighted by atomic mass is 10.1. The number of likely N-dealkylation sites (N-methyl/N-ethyl adjacent to an activating group) is 1. The topological polar surface area (TPSA) is 157 Å². The van der Waals surface area contributed by atoms with Crippen molar-refractivity contribution in [3.05, 3.63) is 81.0 Å². The first-order valence-electron chi connectivity index (χ1n) is 11.1. The lowest BCUT2D eigenvalue weighted by Gasteiger charge is -2.35. The highest BCUT2D eigenvalue weighted by atomic mass is 16.5. The van der Waals surface area contributed by atoms with Crippen LogP contribution in [0.25, 0.3) is 0 Å². The Morgan fingerprint density at radius 1 is 1.11 bits per heavy atom. The molecule has 1 aromatic heterocycles. The van der Waals surface area contributed by atoms with E-state index in [-0.39, 0.29) is 37.7 Å². The number of fused-ring (bicyclic) bond motifs is 1. The number of hydrogen-bond donors (Lipinski definition) is 3. The molecule has 4 rings (SSSR count). The van der Waals surface area contributed by atoms with Crippen LogP contribution < -0.4 is 37.3 Å². The summed E-state index contributed by atoms with van der Waals surface area (Å²) in [5.41, 5.74) is 11.7. The van der Waals surface area contributed by atoms with E-state index in [1.54, 1.807) is 31.2 Å². The summed E-state index contributed by atoms with van der Waals surface area (Å²) in [6, 6.07) is 16.0. The van der Waals surface area contributed by atoms with E-state index in [4.69, 9.17) is 16.2 Å². The predicted molar refractivity (Wildman–Crippen MR) is 132 cm³/mol. The molecular formula is C24H26N6O5. The summed E-state index contributed by atoms with van der Waals surface area (Å²) in [5.74, 6) is -0.783. The molecule has 0 unspecified atom stereocenters.